The lowest BCUT2D eigenvalue weighted by molar-refractivity contribution is -0.162. The molecule has 1 aromatic rings. The molecule has 3 aliphatic carbocycles. The van der Waals surface area contributed by atoms with E-state index >= 15 is 0 Å². The molecule has 1 aromatic heterocycles. The highest BCUT2D eigenvalue weighted by molar-refractivity contribution is 5.10. The van der Waals surface area contributed by atoms with Gasteiger partial charge in [0.15, 0.2) is 5.82 Å². The van der Waals surface area contributed by atoms with E-state index in [1.165, 1.54) is 38.5 Å². The molecule has 0 saturated heterocycles. The van der Waals surface area contributed by atoms with E-state index in [0.29, 0.717) is 23.6 Å². The standard InChI is InChI=1S/C16H27N5O/c1-3-22-14-10-13(16(14)8-4-5-9-16)20(2)11-15-17-18-19-21(15)12-6-7-12/h12-14H,3-11H2,1-2H3. The highest BCUT2D eigenvalue weighted by Gasteiger charge is 2.58. The fourth-order valence-corrected chi connectivity index (χ4v) is 4.72. The summed E-state index contributed by atoms with van der Waals surface area (Å²) in [5.74, 6) is 1.03. The van der Waals surface area contributed by atoms with Gasteiger partial charge in [0, 0.05) is 18.1 Å². The molecule has 0 bridgehead atoms. The van der Waals surface area contributed by atoms with Gasteiger partial charge in [-0.1, -0.05) is 12.8 Å². The third-order valence-corrected chi connectivity index (χ3v) is 6.02. The van der Waals surface area contributed by atoms with Crippen molar-refractivity contribution < 1.29 is 4.74 Å². The predicted octanol–water partition coefficient (Wildman–Crippen LogP) is 2.18. The minimum atomic E-state index is 0.391. The molecule has 3 saturated carbocycles. The number of tetrazole rings is 1. The Hall–Kier alpha value is -1.01. The summed E-state index contributed by atoms with van der Waals surface area (Å²) in [4.78, 5) is 2.48. The van der Waals surface area contributed by atoms with E-state index in [2.05, 4.69) is 34.4 Å². The molecule has 6 nitrogen and oxygen atoms in total. The highest BCUT2D eigenvalue weighted by Crippen LogP contribution is 2.56. The van der Waals surface area contributed by atoms with Crippen molar-refractivity contribution in [2.75, 3.05) is 13.7 Å². The van der Waals surface area contributed by atoms with Gasteiger partial charge in [0.25, 0.3) is 0 Å². The first-order valence-electron chi connectivity index (χ1n) is 8.83. The zero-order valence-corrected chi connectivity index (χ0v) is 13.7. The summed E-state index contributed by atoms with van der Waals surface area (Å²) in [6.45, 7) is 3.81. The maximum absolute atomic E-state index is 6.03. The smallest absolute Gasteiger partial charge is 0.165 e. The first-order chi connectivity index (χ1) is 10.7. The number of ether oxygens (including phenoxy) is 1. The third kappa shape index (κ3) is 2.27. The van der Waals surface area contributed by atoms with Crippen LogP contribution in [-0.2, 0) is 11.3 Å². The largest absolute Gasteiger partial charge is 0.378 e. The molecule has 1 heterocycles. The third-order valence-electron chi connectivity index (χ3n) is 6.02. The summed E-state index contributed by atoms with van der Waals surface area (Å²) < 4.78 is 8.07. The van der Waals surface area contributed by atoms with Gasteiger partial charge in [-0.15, -0.1) is 5.10 Å². The number of nitrogens with zero attached hydrogens (tertiary/aromatic N) is 5. The van der Waals surface area contributed by atoms with Crippen LogP contribution in [0.1, 0.15) is 63.7 Å². The Morgan fingerprint density at radius 2 is 2.09 bits per heavy atom. The van der Waals surface area contributed by atoms with Crippen LogP contribution in [0.5, 0.6) is 0 Å². The Morgan fingerprint density at radius 3 is 2.77 bits per heavy atom. The maximum Gasteiger partial charge on any atom is 0.165 e. The Balaban J connectivity index is 1.46. The van der Waals surface area contributed by atoms with Crippen molar-refractivity contribution in [2.24, 2.45) is 5.41 Å². The quantitative estimate of drug-likeness (QED) is 0.806. The van der Waals surface area contributed by atoms with E-state index in [0.717, 1.165) is 25.4 Å². The molecule has 2 atom stereocenters. The van der Waals surface area contributed by atoms with Gasteiger partial charge in [0.1, 0.15) is 0 Å². The SMILES string of the molecule is CCOC1CC(N(C)Cc2nnnn2C2CC2)C12CCCC2. The van der Waals surface area contributed by atoms with Gasteiger partial charge >= 0.3 is 0 Å². The van der Waals surface area contributed by atoms with Crippen molar-refractivity contribution in [1.82, 2.24) is 25.1 Å². The lowest BCUT2D eigenvalue weighted by Gasteiger charge is -2.57. The first kappa shape index (κ1) is 14.6. The molecule has 0 N–H and O–H groups in total. The van der Waals surface area contributed by atoms with Gasteiger partial charge in [-0.05, 0) is 56.5 Å². The van der Waals surface area contributed by atoms with Crippen molar-refractivity contribution in [1.29, 1.82) is 0 Å². The summed E-state index contributed by atoms with van der Waals surface area (Å²) in [7, 11) is 2.23. The van der Waals surface area contributed by atoms with E-state index in [-0.39, 0.29) is 0 Å². The van der Waals surface area contributed by atoms with Gasteiger partial charge in [-0.2, -0.15) is 0 Å². The van der Waals surface area contributed by atoms with Crippen LogP contribution in [0.3, 0.4) is 0 Å². The Kier molecular flexibility index (Phi) is 3.69. The zero-order valence-electron chi connectivity index (χ0n) is 13.7. The molecular weight excluding hydrogens is 278 g/mol. The molecule has 0 aromatic carbocycles. The molecule has 122 valence electrons. The molecule has 3 fully saturated rings. The molecule has 0 radical (unpaired) electrons. The number of hydrogen-bond acceptors (Lipinski definition) is 5. The molecule has 4 rings (SSSR count). The van der Waals surface area contributed by atoms with Crippen molar-refractivity contribution in [3.63, 3.8) is 0 Å². The van der Waals surface area contributed by atoms with Gasteiger partial charge in [-0.3, -0.25) is 4.90 Å². The van der Waals surface area contributed by atoms with E-state index in [9.17, 15) is 0 Å². The second kappa shape index (κ2) is 5.57. The van der Waals surface area contributed by atoms with Crippen molar-refractivity contribution in [3.8, 4) is 0 Å². The zero-order chi connectivity index (χ0) is 15.2. The Morgan fingerprint density at radius 1 is 1.32 bits per heavy atom. The highest BCUT2D eigenvalue weighted by atomic mass is 16.5. The van der Waals surface area contributed by atoms with E-state index < -0.39 is 0 Å². The van der Waals surface area contributed by atoms with Crippen LogP contribution >= 0.6 is 0 Å². The monoisotopic (exact) mass is 305 g/mol. The van der Waals surface area contributed by atoms with Gasteiger partial charge in [0.2, 0.25) is 0 Å². The van der Waals surface area contributed by atoms with Gasteiger partial charge in [-0.25, -0.2) is 4.68 Å². The fourth-order valence-electron chi connectivity index (χ4n) is 4.72. The average molecular weight is 305 g/mol. The second-order valence-corrected chi connectivity index (χ2v) is 7.32. The van der Waals surface area contributed by atoms with Crippen LogP contribution in [0.4, 0.5) is 0 Å². The Labute approximate surface area is 132 Å². The van der Waals surface area contributed by atoms with Crippen LogP contribution < -0.4 is 0 Å². The lowest BCUT2D eigenvalue weighted by Crippen LogP contribution is -2.62. The fraction of sp³-hybridized carbons (Fsp3) is 0.938. The van der Waals surface area contributed by atoms with E-state index in [4.69, 9.17) is 4.74 Å². The van der Waals surface area contributed by atoms with Crippen molar-refractivity contribution in [3.05, 3.63) is 5.82 Å². The summed E-state index contributed by atoms with van der Waals surface area (Å²) in [5, 5.41) is 12.3. The molecule has 0 amide bonds. The normalized spacial score (nSPS) is 30.1. The number of rotatable bonds is 6. The molecule has 3 aliphatic rings. The Bertz CT molecular complexity index is 520. The second-order valence-electron chi connectivity index (χ2n) is 7.32. The van der Waals surface area contributed by atoms with Crippen LogP contribution in [0.2, 0.25) is 0 Å². The summed E-state index contributed by atoms with van der Waals surface area (Å²) >= 11 is 0. The summed E-state index contributed by atoms with van der Waals surface area (Å²) in [5.41, 5.74) is 0.391. The molecule has 1 spiro atoms. The van der Waals surface area contributed by atoms with E-state index in [1.54, 1.807) is 0 Å². The van der Waals surface area contributed by atoms with Gasteiger partial charge in [0.05, 0.1) is 18.7 Å². The van der Waals surface area contributed by atoms with Crippen LogP contribution in [0, 0.1) is 5.41 Å². The molecule has 6 heteroatoms. The topological polar surface area (TPSA) is 56.1 Å². The van der Waals surface area contributed by atoms with Crippen LogP contribution in [0.25, 0.3) is 0 Å². The minimum Gasteiger partial charge on any atom is -0.378 e. The van der Waals surface area contributed by atoms with Crippen LogP contribution in [0.15, 0.2) is 0 Å². The van der Waals surface area contributed by atoms with E-state index in [1.807, 2.05) is 4.68 Å². The average Bonchev–Trinajstić information content (AvgIpc) is 3.03. The molecular formula is C16H27N5O. The maximum atomic E-state index is 6.03. The summed E-state index contributed by atoms with van der Waals surface area (Å²) in [6.07, 6.45) is 9.42. The molecule has 0 aliphatic heterocycles. The van der Waals surface area contributed by atoms with Crippen molar-refractivity contribution in [2.45, 2.75) is 76.6 Å². The first-order valence-corrected chi connectivity index (χ1v) is 8.83. The number of hydrogen-bond donors (Lipinski definition) is 0. The number of aromatic nitrogens is 4. The molecule has 2 unspecified atom stereocenters. The lowest BCUT2D eigenvalue weighted by atomic mass is 9.60. The summed E-state index contributed by atoms with van der Waals surface area (Å²) in [6, 6.07) is 1.17. The predicted molar refractivity (Wildman–Crippen MR) is 82.3 cm³/mol. The van der Waals surface area contributed by atoms with Crippen molar-refractivity contribution >= 4 is 0 Å². The van der Waals surface area contributed by atoms with Crippen LogP contribution in [-0.4, -0.2) is 50.9 Å². The minimum absolute atomic E-state index is 0.391. The molecule has 22 heavy (non-hydrogen) atoms. The van der Waals surface area contributed by atoms with Gasteiger partial charge < -0.3 is 4.74 Å².